The molecule has 0 aliphatic heterocycles. The standard InChI is InChI=1S/C22H30N4O3S.HI/c1-2-23-22(24-14-15-26-30(27,28)20-9-4-3-5-10-20)25-16-19-8-6-7-11-21(19)29-17-18-12-13-18;/h3-11,18,26H,2,12-17H2,1H3,(H2,23,24,25);1H. The molecule has 170 valence electrons. The van der Waals surface area contributed by atoms with Crippen molar-refractivity contribution in [1.82, 2.24) is 15.4 Å². The molecule has 0 heterocycles. The van der Waals surface area contributed by atoms with Gasteiger partial charge in [0.2, 0.25) is 10.0 Å². The molecule has 1 saturated carbocycles. The monoisotopic (exact) mass is 558 g/mol. The highest BCUT2D eigenvalue weighted by Gasteiger charge is 2.22. The van der Waals surface area contributed by atoms with E-state index in [0.29, 0.717) is 31.5 Å². The largest absolute Gasteiger partial charge is 0.493 e. The maximum Gasteiger partial charge on any atom is 0.240 e. The quantitative estimate of drug-likeness (QED) is 0.171. The van der Waals surface area contributed by atoms with Crippen molar-refractivity contribution in [3.63, 3.8) is 0 Å². The normalized spacial score (nSPS) is 13.9. The SMILES string of the molecule is CCNC(=NCc1ccccc1OCC1CC1)NCCNS(=O)(=O)c1ccccc1.I. The number of ether oxygens (including phenoxy) is 1. The van der Waals surface area contributed by atoms with Gasteiger partial charge < -0.3 is 15.4 Å². The van der Waals surface area contributed by atoms with Crippen LogP contribution in [0.5, 0.6) is 5.75 Å². The lowest BCUT2D eigenvalue weighted by Crippen LogP contribution is -2.41. The van der Waals surface area contributed by atoms with Crippen LogP contribution in [0.1, 0.15) is 25.3 Å². The number of benzene rings is 2. The first-order valence-electron chi connectivity index (χ1n) is 10.4. The molecule has 2 aromatic carbocycles. The lowest BCUT2D eigenvalue weighted by molar-refractivity contribution is 0.297. The molecule has 0 unspecified atom stereocenters. The second-order valence-electron chi connectivity index (χ2n) is 7.19. The topological polar surface area (TPSA) is 91.8 Å². The fourth-order valence-corrected chi connectivity index (χ4v) is 3.88. The fraction of sp³-hybridized carbons (Fsp3) is 0.409. The Hall–Kier alpha value is -1.85. The van der Waals surface area contributed by atoms with Gasteiger partial charge in [-0.2, -0.15) is 0 Å². The molecule has 1 aliphatic carbocycles. The Balaban J connectivity index is 0.00000341. The van der Waals surface area contributed by atoms with E-state index in [1.807, 2.05) is 31.2 Å². The van der Waals surface area contributed by atoms with Gasteiger partial charge >= 0.3 is 0 Å². The summed E-state index contributed by atoms with van der Waals surface area (Å²) in [7, 11) is -3.51. The predicted molar refractivity (Wildman–Crippen MR) is 135 cm³/mol. The van der Waals surface area contributed by atoms with E-state index in [4.69, 9.17) is 4.74 Å². The molecular weight excluding hydrogens is 527 g/mol. The minimum Gasteiger partial charge on any atom is -0.493 e. The van der Waals surface area contributed by atoms with Gasteiger partial charge in [-0.15, -0.1) is 24.0 Å². The Morgan fingerprint density at radius 3 is 2.45 bits per heavy atom. The van der Waals surface area contributed by atoms with Crippen LogP contribution < -0.4 is 20.1 Å². The molecule has 3 N–H and O–H groups in total. The highest BCUT2D eigenvalue weighted by Crippen LogP contribution is 2.30. The van der Waals surface area contributed by atoms with Gasteiger partial charge in [-0.05, 0) is 43.9 Å². The molecule has 1 fully saturated rings. The molecule has 0 amide bonds. The molecule has 2 aromatic rings. The van der Waals surface area contributed by atoms with Crippen LogP contribution in [-0.2, 0) is 16.6 Å². The molecule has 9 heteroatoms. The van der Waals surface area contributed by atoms with E-state index in [1.54, 1.807) is 30.3 Å². The van der Waals surface area contributed by atoms with Gasteiger partial charge in [0.25, 0.3) is 0 Å². The first kappa shape index (κ1) is 25.4. The van der Waals surface area contributed by atoms with Crippen molar-refractivity contribution in [3.8, 4) is 5.75 Å². The van der Waals surface area contributed by atoms with Gasteiger partial charge in [0.05, 0.1) is 18.0 Å². The van der Waals surface area contributed by atoms with Crippen LogP contribution in [0, 0.1) is 5.92 Å². The van der Waals surface area contributed by atoms with Crippen LogP contribution in [0.2, 0.25) is 0 Å². The lowest BCUT2D eigenvalue weighted by Gasteiger charge is -2.13. The van der Waals surface area contributed by atoms with E-state index >= 15 is 0 Å². The van der Waals surface area contributed by atoms with E-state index in [9.17, 15) is 8.42 Å². The molecule has 31 heavy (non-hydrogen) atoms. The van der Waals surface area contributed by atoms with Gasteiger partial charge in [-0.25, -0.2) is 18.1 Å². The molecule has 7 nitrogen and oxygen atoms in total. The molecule has 0 aromatic heterocycles. The average Bonchev–Trinajstić information content (AvgIpc) is 3.59. The van der Waals surface area contributed by atoms with E-state index in [-0.39, 0.29) is 35.4 Å². The molecule has 0 saturated heterocycles. The third kappa shape index (κ3) is 8.66. The van der Waals surface area contributed by atoms with Crippen molar-refractivity contribution in [2.24, 2.45) is 10.9 Å². The summed E-state index contributed by atoms with van der Waals surface area (Å²) in [6.07, 6.45) is 2.51. The van der Waals surface area contributed by atoms with Crippen molar-refractivity contribution in [2.45, 2.75) is 31.2 Å². The Labute approximate surface area is 202 Å². The number of nitrogens with one attached hydrogen (secondary N) is 3. The third-order valence-corrected chi connectivity index (χ3v) is 6.14. The van der Waals surface area contributed by atoms with Crippen LogP contribution in [0.4, 0.5) is 0 Å². The highest BCUT2D eigenvalue weighted by atomic mass is 127. The van der Waals surface area contributed by atoms with Crippen molar-refractivity contribution in [3.05, 3.63) is 60.2 Å². The summed E-state index contributed by atoms with van der Waals surface area (Å²) in [4.78, 5) is 4.87. The zero-order chi connectivity index (χ0) is 21.2. The maximum absolute atomic E-state index is 12.3. The second-order valence-corrected chi connectivity index (χ2v) is 8.96. The van der Waals surface area contributed by atoms with Crippen molar-refractivity contribution in [2.75, 3.05) is 26.2 Å². The van der Waals surface area contributed by atoms with Crippen LogP contribution in [0.15, 0.2) is 64.5 Å². The summed E-state index contributed by atoms with van der Waals surface area (Å²) in [6.45, 7) is 4.61. The van der Waals surface area contributed by atoms with E-state index < -0.39 is 10.0 Å². The number of halogens is 1. The van der Waals surface area contributed by atoms with Crippen LogP contribution in [0.25, 0.3) is 0 Å². The molecular formula is C22H31IN4O3S. The summed E-state index contributed by atoms with van der Waals surface area (Å²) in [5.41, 5.74) is 1.03. The number of hydrogen-bond donors (Lipinski definition) is 3. The summed E-state index contributed by atoms with van der Waals surface area (Å²) < 4.78 is 33.1. The predicted octanol–water partition coefficient (Wildman–Crippen LogP) is 3.13. The number of hydrogen-bond acceptors (Lipinski definition) is 4. The van der Waals surface area contributed by atoms with Gasteiger partial charge in [0.15, 0.2) is 5.96 Å². The molecule has 0 spiro atoms. The molecule has 0 radical (unpaired) electrons. The first-order chi connectivity index (χ1) is 14.6. The van der Waals surface area contributed by atoms with E-state index in [0.717, 1.165) is 17.9 Å². The maximum atomic E-state index is 12.3. The summed E-state index contributed by atoms with van der Waals surface area (Å²) in [6, 6.07) is 16.3. The van der Waals surface area contributed by atoms with E-state index in [2.05, 4.69) is 20.3 Å². The summed E-state index contributed by atoms with van der Waals surface area (Å²) >= 11 is 0. The minimum absolute atomic E-state index is 0. The smallest absolute Gasteiger partial charge is 0.240 e. The molecule has 1 aliphatic rings. The zero-order valence-electron chi connectivity index (χ0n) is 17.7. The van der Waals surface area contributed by atoms with Crippen LogP contribution >= 0.6 is 24.0 Å². The Morgan fingerprint density at radius 2 is 1.74 bits per heavy atom. The Kier molecular flexibility index (Phi) is 10.6. The molecule has 0 bridgehead atoms. The number of guanidine groups is 1. The number of sulfonamides is 1. The number of nitrogens with zero attached hydrogens (tertiary/aromatic N) is 1. The number of para-hydroxylation sites is 1. The Morgan fingerprint density at radius 1 is 1.03 bits per heavy atom. The zero-order valence-corrected chi connectivity index (χ0v) is 20.9. The molecule has 3 rings (SSSR count). The highest BCUT2D eigenvalue weighted by molar-refractivity contribution is 14.0. The van der Waals surface area contributed by atoms with Crippen molar-refractivity contribution >= 4 is 40.0 Å². The van der Waals surface area contributed by atoms with E-state index in [1.165, 1.54) is 12.8 Å². The Bertz CT molecular complexity index is 935. The van der Waals surface area contributed by atoms with Crippen LogP contribution in [-0.4, -0.2) is 40.6 Å². The second kappa shape index (κ2) is 12.9. The third-order valence-electron chi connectivity index (χ3n) is 4.66. The lowest BCUT2D eigenvalue weighted by atomic mass is 10.2. The summed E-state index contributed by atoms with van der Waals surface area (Å²) in [5.74, 6) is 2.20. The van der Waals surface area contributed by atoms with Gasteiger partial charge in [-0.3, -0.25) is 0 Å². The fourth-order valence-electron chi connectivity index (χ4n) is 2.82. The van der Waals surface area contributed by atoms with Gasteiger partial charge in [0.1, 0.15) is 5.75 Å². The van der Waals surface area contributed by atoms with Crippen molar-refractivity contribution < 1.29 is 13.2 Å². The minimum atomic E-state index is -3.51. The van der Waals surface area contributed by atoms with Gasteiger partial charge in [0, 0.05) is 25.2 Å². The number of aliphatic imine (C=N–C) groups is 1. The summed E-state index contributed by atoms with van der Waals surface area (Å²) in [5, 5.41) is 6.35. The molecule has 0 atom stereocenters. The van der Waals surface area contributed by atoms with Gasteiger partial charge in [-0.1, -0.05) is 36.4 Å². The first-order valence-corrected chi connectivity index (χ1v) is 11.8. The average molecular weight is 558 g/mol. The number of rotatable bonds is 11. The van der Waals surface area contributed by atoms with Crippen LogP contribution in [0.3, 0.4) is 0 Å². The van der Waals surface area contributed by atoms with Crippen molar-refractivity contribution in [1.29, 1.82) is 0 Å².